The molecule has 1 unspecified atom stereocenters. The number of hydrogen-bond donors (Lipinski definition) is 0. The summed E-state index contributed by atoms with van der Waals surface area (Å²) in [5.41, 5.74) is 0.654. The molecule has 0 bridgehead atoms. The maximum atomic E-state index is 2.73. The summed E-state index contributed by atoms with van der Waals surface area (Å²) in [4.78, 5) is 8.06. The van der Waals surface area contributed by atoms with Crippen LogP contribution in [0.1, 0.15) is 61.3 Å². The Morgan fingerprint density at radius 3 is 1.86 bits per heavy atom. The molecule has 0 aliphatic carbocycles. The van der Waals surface area contributed by atoms with Crippen molar-refractivity contribution in [2.75, 3.05) is 39.3 Å². The molecule has 2 rings (SSSR count). The minimum atomic E-state index is 0.309. The molecule has 0 N–H and O–H groups in total. The van der Waals surface area contributed by atoms with Crippen LogP contribution in [0.3, 0.4) is 0 Å². The van der Waals surface area contributed by atoms with Crippen LogP contribution < -0.4 is 0 Å². The third-order valence-electron chi connectivity index (χ3n) is 5.65. The maximum Gasteiger partial charge on any atom is 0.0200 e. The average molecular weight is 310 g/mol. The first kappa shape index (κ1) is 18.2. The van der Waals surface area contributed by atoms with E-state index < -0.39 is 0 Å². The Hall–Kier alpha value is -0.120. The molecule has 2 fully saturated rings. The van der Waals surface area contributed by atoms with Gasteiger partial charge in [0.15, 0.2) is 0 Å². The number of rotatable bonds is 2. The molecule has 0 spiro atoms. The van der Waals surface area contributed by atoms with Crippen LogP contribution in [0.15, 0.2) is 0 Å². The van der Waals surface area contributed by atoms with Gasteiger partial charge in [-0.25, -0.2) is 0 Å². The fourth-order valence-electron chi connectivity index (χ4n) is 4.35. The van der Waals surface area contributed by atoms with Crippen LogP contribution in [0.4, 0.5) is 0 Å². The summed E-state index contributed by atoms with van der Waals surface area (Å²) in [7, 11) is 0. The van der Waals surface area contributed by atoms with Crippen LogP contribution in [0, 0.1) is 5.92 Å². The molecular weight excluding hydrogens is 270 g/mol. The summed E-state index contributed by atoms with van der Waals surface area (Å²) in [5, 5.41) is 0. The van der Waals surface area contributed by atoms with Crippen LogP contribution in [-0.2, 0) is 0 Å². The summed E-state index contributed by atoms with van der Waals surface area (Å²) in [6, 6.07) is 0.684. The average Bonchev–Trinajstić information content (AvgIpc) is 2.36. The fraction of sp³-hybridized carbons (Fsp3) is 1.00. The van der Waals surface area contributed by atoms with E-state index in [9.17, 15) is 0 Å². The van der Waals surface area contributed by atoms with E-state index in [-0.39, 0.29) is 0 Å². The van der Waals surface area contributed by atoms with E-state index in [1.807, 2.05) is 0 Å². The number of piperidine rings is 1. The van der Waals surface area contributed by atoms with Crippen LogP contribution in [0.25, 0.3) is 0 Å². The molecule has 0 saturated carbocycles. The first-order valence-corrected chi connectivity index (χ1v) is 9.31. The lowest BCUT2D eigenvalue weighted by Crippen LogP contribution is -2.59. The molecule has 3 heteroatoms. The lowest BCUT2D eigenvalue weighted by molar-refractivity contribution is 0.00499. The van der Waals surface area contributed by atoms with E-state index in [2.05, 4.69) is 63.2 Å². The zero-order valence-electron chi connectivity index (χ0n) is 16.2. The van der Waals surface area contributed by atoms with Gasteiger partial charge in [0.2, 0.25) is 0 Å². The Labute approximate surface area is 139 Å². The van der Waals surface area contributed by atoms with E-state index in [0.717, 1.165) is 5.92 Å². The van der Waals surface area contributed by atoms with Crippen molar-refractivity contribution in [3.63, 3.8) is 0 Å². The maximum absolute atomic E-state index is 2.73. The largest absolute Gasteiger partial charge is 0.300 e. The van der Waals surface area contributed by atoms with Crippen molar-refractivity contribution >= 4 is 0 Å². The first-order chi connectivity index (χ1) is 10.1. The van der Waals surface area contributed by atoms with Crippen molar-refractivity contribution in [2.24, 2.45) is 5.92 Å². The van der Waals surface area contributed by atoms with Crippen LogP contribution in [0.5, 0.6) is 0 Å². The van der Waals surface area contributed by atoms with E-state index in [4.69, 9.17) is 0 Å². The molecule has 0 radical (unpaired) electrons. The van der Waals surface area contributed by atoms with Gasteiger partial charge >= 0.3 is 0 Å². The third kappa shape index (κ3) is 4.69. The Balaban J connectivity index is 1.77. The van der Waals surface area contributed by atoms with Crippen molar-refractivity contribution in [3.05, 3.63) is 0 Å². The van der Waals surface area contributed by atoms with Crippen LogP contribution in [-0.4, -0.2) is 71.1 Å². The zero-order valence-corrected chi connectivity index (χ0v) is 16.2. The van der Waals surface area contributed by atoms with E-state index in [1.165, 1.54) is 52.1 Å². The molecule has 2 aliphatic heterocycles. The van der Waals surface area contributed by atoms with Crippen molar-refractivity contribution < 1.29 is 0 Å². The molecule has 130 valence electrons. The molecule has 2 aliphatic rings. The van der Waals surface area contributed by atoms with Gasteiger partial charge in [0, 0.05) is 43.3 Å². The van der Waals surface area contributed by atoms with Gasteiger partial charge in [-0.15, -0.1) is 0 Å². The Bertz CT molecular complexity index is 345. The van der Waals surface area contributed by atoms with Crippen molar-refractivity contribution in [1.82, 2.24) is 14.7 Å². The van der Waals surface area contributed by atoms with Crippen molar-refractivity contribution in [3.8, 4) is 0 Å². The van der Waals surface area contributed by atoms with Gasteiger partial charge < -0.3 is 4.90 Å². The van der Waals surface area contributed by atoms with Gasteiger partial charge in [0.05, 0.1) is 0 Å². The molecule has 3 nitrogen and oxygen atoms in total. The topological polar surface area (TPSA) is 9.72 Å². The minimum Gasteiger partial charge on any atom is -0.300 e. The first-order valence-electron chi connectivity index (χ1n) is 9.31. The number of likely N-dealkylation sites (tertiary alicyclic amines) is 1. The Morgan fingerprint density at radius 2 is 1.41 bits per heavy atom. The summed E-state index contributed by atoms with van der Waals surface area (Å²) >= 11 is 0. The lowest BCUT2D eigenvalue weighted by atomic mass is 9.92. The fourth-order valence-corrected chi connectivity index (χ4v) is 4.35. The molecular formula is C19H39N3. The summed E-state index contributed by atoms with van der Waals surface area (Å²) < 4.78 is 0. The second-order valence-electron chi connectivity index (χ2n) is 9.57. The van der Waals surface area contributed by atoms with E-state index in [0.29, 0.717) is 17.1 Å². The molecule has 22 heavy (non-hydrogen) atoms. The summed E-state index contributed by atoms with van der Waals surface area (Å²) in [6.07, 6.45) is 2.76. The number of hydrogen-bond acceptors (Lipinski definition) is 3. The summed E-state index contributed by atoms with van der Waals surface area (Å²) in [6.45, 7) is 24.1. The quantitative estimate of drug-likeness (QED) is 0.775. The molecule has 2 heterocycles. The van der Waals surface area contributed by atoms with Gasteiger partial charge in [0.25, 0.3) is 0 Å². The van der Waals surface area contributed by atoms with Gasteiger partial charge in [-0.1, -0.05) is 0 Å². The predicted molar refractivity (Wildman–Crippen MR) is 96.4 cm³/mol. The van der Waals surface area contributed by atoms with Crippen molar-refractivity contribution in [2.45, 2.75) is 78.4 Å². The molecule has 0 aromatic rings. The van der Waals surface area contributed by atoms with Gasteiger partial charge in [-0.2, -0.15) is 0 Å². The highest BCUT2D eigenvalue weighted by molar-refractivity contribution is 4.89. The van der Waals surface area contributed by atoms with Gasteiger partial charge in [-0.05, 0) is 80.3 Å². The van der Waals surface area contributed by atoms with E-state index >= 15 is 0 Å². The molecule has 0 aromatic carbocycles. The third-order valence-corrected chi connectivity index (χ3v) is 5.65. The smallest absolute Gasteiger partial charge is 0.0200 e. The van der Waals surface area contributed by atoms with Gasteiger partial charge in [0.1, 0.15) is 0 Å². The molecule has 0 amide bonds. The molecule has 1 atom stereocenters. The normalized spacial score (nSPS) is 28.2. The predicted octanol–water partition coefficient (Wildman–Crippen LogP) is 3.30. The zero-order chi connectivity index (χ0) is 16.5. The van der Waals surface area contributed by atoms with Crippen LogP contribution >= 0.6 is 0 Å². The highest BCUT2D eigenvalue weighted by Gasteiger charge is 2.33. The van der Waals surface area contributed by atoms with E-state index in [1.54, 1.807) is 0 Å². The second kappa shape index (κ2) is 6.78. The Kier molecular flexibility index (Phi) is 5.62. The second-order valence-corrected chi connectivity index (χ2v) is 9.57. The molecule has 0 aromatic heterocycles. The lowest BCUT2D eigenvalue weighted by Gasteiger charge is -2.48. The number of nitrogens with zero attached hydrogens (tertiary/aromatic N) is 3. The number of piperazine rings is 1. The molecule has 2 saturated heterocycles. The summed E-state index contributed by atoms with van der Waals surface area (Å²) in [5.74, 6) is 0.909. The minimum absolute atomic E-state index is 0.309. The van der Waals surface area contributed by atoms with Crippen molar-refractivity contribution in [1.29, 1.82) is 0 Å². The highest BCUT2D eigenvalue weighted by Crippen LogP contribution is 2.26. The SMILES string of the molecule is CC1CN(CC2CCN(C(C)(C)C)CC2)CCN1C(C)(C)C. The Morgan fingerprint density at radius 1 is 0.818 bits per heavy atom. The van der Waals surface area contributed by atoms with Gasteiger partial charge in [-0.3, -0.25) is 9.80 Å². The standard InChI is InChI=1S/C19H39N3/c1-16-14-20(12-13-22(16)19(5,6)7)15-17-8-10-21(11-9-17)18(2,3)4/h16-17H,8-15H2,1-7H3. The van der Waals surface area contributed by atoms with Crippen LogP contribution in [0.2, 0.25) is 0 Å². The highest BCUT2D eigenvalue weighted by atomic mass is 15.3. The monoisotopic (exact) mass is 309 g/mol.